The number of fused-ring (bicyclic) bond motifs is 2. The number of hydrogen-bond donors (Lipinski definition) is 0. The number of hydrogen-bond acceptors (Lipinski definition) is 4. The first-order chi connectivity index (χ1) is 8.68. The molecule has 0 amide bonds. The van der Waals surface area contributed by atoms with E-state index in [0.717, 1.165) is 12.8 Å². The van der Waals surface area contributed by atoms with E-state index < -0.39 is 23.0 Å². The second kappa shape index (κ2) is 4.72. The minimum Gasteiger partial charge on any atom is -0.370 e. The molecule has 0 heterocycles. The van der Waals surface area contributed by atoms with E-state index in [9.17, 15) is 10.5 Å². The third-order valence-electron chi connectivity index (χ3n) is 4.04. The minimum absolute atomic E-state index is 0.451. The van der Waals surface area contributed by atoms with Gasteiger partial charge in [-0.15, -0.1) is 0 Å². The summed E-state index contributed by atoms with van der Waals surface area (Å²) in [7, 11) is 0. The normalized spacial score (nSPS) is 41.3. The molecule has 0 aromatic rings. The number of nitrogens with zero attached hydrogens (tertiary/aromatic N) is 2. The molecule has 1 fully saturated rings. The molecule has 3 aliphatic rings. The van der Waals surface area contributed by atoms with Crippen LogP contribution in [0.15, 0.2) is 12.2 Å². The Balaban J connectivity index is 2.44. The van der Waals surface area contributed by atoms with Crippen molar-refractivity contribution in [1.29, 1.82) is 10.5 Å². The topological polar surface area (TPSA) is 66.0 Å². The molecule has 0 spiro atoms. The first-order valence-corrected chi connectivity index (χ1v) is 6.45. The van der Waals surface area contributed by atoms with E-state index in [1.807, 2.05) is 26.0 Å². The van der Waals surface area contributed by atoms with Crippen LogP contribution in [0.25, 0.3) is 0 Å². The van der Waals surface area contributed by atoms with Crippen molar-refractivity contribution in [2.45, 2.75) is 37.9 Å². The summed E-state index contributed by atoms with van der Waals surface area (Å²) >= 11 is 0. The molecule has 4 atom stereocenters. The zero-order valence-electron chi connectivity index (χ0n) is 10.8. The van der Waals surface area contributed by atoms with Crippen LogP contribution in [0.4, 0.5) is 0 Å². The van der Waals surface area contributed by atoms with Gasteiger partial charge in [-0.05, 0) is 26.7 Å². The van der Waals surface area contributed by atoms with Crippen molar-refractivity contribution >= 4 is 0 Å². The van der Waals surface area contributed by atoms with E-state index in [1.165, 1.54) is 0 Å². The number of rotatable bonds is 4. The Morgan fingerprint density at radius 1 is 1.00 bits per heavy atom. The van der Waals surface area contributed by atoms with Crippen molar-refractivity contribution in [1.82, 2.24) is 0 Å². The van der Waals surface area contributed by atoms with Gasteiger partial charge < -0.3 is 9.47 Å². The van der Waals surface area contributed by atoms with Gasteiger partial charge >= 0.3 is 0 Å². The summed E-state index contributed by atoms with van der Waals surface area (Å²) in [5, 5.41) is 18.8. The van der Waals surface area contributed by atoms with Crippen LogP contribution in [0.2, 0.25) is 0 Å². The van der Waals surface area contributed by atoms with Gasteiger partial charge in [-0.25, -0.2) is 0 Å². The van der Waals surface area contributed by atoms with Gasteiger partial charge in [0.2, 0.25) is 0 Å². The largest absolute Gasteiger partial charge is 0.370 e. The molecule has 1 saturated carbocycles. The fraction of sp³-hybridized carbons (Fsp3) is 0.714. The van der Waals surface area contributed by atoms with Gasteiger partial charge in [-0.1, -0.05) is 12.2 Å². The van der Waals surface area contributed by atoms with E-state index in [2.05, 4.69) is 12.1 Å². The lowest BCUT2D eigenvalue weighted by atomic mass is 9.58. The van der Waals surface area contributed by atoms with E-state index in [0.29, 0.717) is 13.2 Å². The molecule has 0 aromatic heterocycles. The average Bonchev–Trinajstić information content (AvgIpc) is 2.39. The summed E-state index contributed by atoms with van der Waals surface area (Å²) in [5.74, 6) is -0.902. The van der Waals surface area contributed by atoms with Gasteiger partial charge in [0, 0.05) is 13.2 Å². The van der Waals surface area contributed by atoms with Crippen LogP contribution >= 0.6 is 0 Å². The predicted molar refractivity (Wildman–Crippen MR) is 65.3 cm³/mol. The first-order valence-electron chi connectivity index (χ1n) is 6.45. The number of ether oxygens (including phenoxy) is 2. The fourth-order valence-electron chi connectivity index (χ4n) is 3.25. The van der Waals surface area contributed by atoms with E-state index >= 15 is 0 Å². The van der Waals surface area contributed by atoms with Crippen molar-refractivity contribution in [2.24, 2.45) is 11.8 Å². The Kier molecular flexibility index (Phi) is 3.43. The maximum Gasteiger partial charge on any atom is 0.104 e. The average molecular weight is 246 g/mol. The van der Waals surface area contributed by atoms with Crippen LogP contribution < -0.4 is 0 Å². The highest BCUT2D eigenvalue weighted by molar-refractivity contribution is 5.33. The van der Waals surface area contributed by atoms with Crippen molar-refractivity contribution < 1.29 is 9.47 Å². The van der Waals surface area contributed by atoms with Crippen LogP contribution in [0, 0.1) is 34.5 Å². The molecule has 3 aliphatic carbocycles. The second-order valence-electron chi connectivity index (χ2n) is 4.82. The van der Waals surface area contributed by atoms with E-state index in [4.69, 9.17) is 9.47 Å². The third kappa shape index (κ3) is 1.65. The standard InChI is InChI=1S/C14H18N2O2/c1-3-17-13-5-7-14(8-6-13,18-4-2)12(10-16)11(13)9-15/h5,7,11-12H,3-4,6,8H2,1-2H3/t11-,12-,13-,14+/m0/s1. The van der Waals surface area contributed by atoms with Crippen molar-refractivity contribution in [3.63, 3.8) is 0 Å². The lowest BCUT2D eigenvalue weighted by Crippen LogP contribution is -2.60. The molecule has 0 unspecified atom stereocenters. The van der Waals surface area contributed by atoms with Gasteiger partial charge in [-0.2, -0.15) is 10.5 Å². The van der Waals surface area contributed by atoms with Gasteiger partial charge in [0.05, 0.1) is 24.0 Å². The highest BCUT2D eigenvalue weighted by atomic mass is 16.5. The summed E-state index contributed by atoms with van der Waals surface area (Å²) in [6, 6.07) is 4.53. The zero-order chi connectivity index (χ0) is 13.2. The highest BCUT2D eigenvalue weighted by Crippen LogP contribution is 2.52. The van der Waals surface area contributed by atoms with Crippen molar-refractivity contribution in [3.05, 3.63) is 12.2 Å². The molecule has 0 N–H and O–H groups in total. The predicted octanol–water partition coefficient (Wildman–Crippen LogP) is 2.18. The monoisotopic (exact) mass is 246 g/mol. The lowest BCUT2D eigenvalue weighted by Gasteiger charge is -2.53. The molecular formula is C14H18N2O2. The SMILES string of the molecule is CCO[C@]12C=C[C@](OCC)(CC1)[C@@H](C#N)[C@@H]2C#N. The Bertz CT molecular complexity index is 394. The molecule has 18 heavy (non-hydrogen) atoms. The molecule has 0 aromatic carbocycles. The maximum atomic E-state index is 9.42. The van der Waals surface area contributed by atoms with E-state index in [-0.39, 0.29) is 0 Å². The van der Waals surface area contributed by atoms with Crippen molar-refractivity contribution in [3.8, 4) is 12.1 Å². The molecule has 2 bridgehead atoms. The van der Waals surface area contributed by atoms with Crippen molar-refractivity contribution in [2.75, 3.05) is 13.2 Å². The van der Waals surface area contributed by atoms with Crippen LogP contribution in [-0.4, -0.2) is 24.4 Å². The summed E-state index contributed by atoms with van der Waals surface area (Å²) in [4.78, 5) is 0. The molecule has 4 nitrogen and oxygen atoms in total. The summed E-state index contributed by atoms with van der Waals surface area (Å²) in [6.07, 6.45) is 5.37. The van der Waals surface area contributed by atoms with Gasteiger partial charge in [0.25, 0.3) is 0 Å². The van der Waals surface area contributed by atoms with Crippen LogP contribution in [0.5, 0.6) is 0 Å². The van der Waals surface area contributed by atoms with Gasteiger partial charge in [0.1, 0.15) is 11.2 Å². The highest BCUT2D eigenvalue weighted by Gasteiger charge is 2.59. The van der Waals surface area contributed by atoms with Crippen LogP contribution in [0.1, 0.15) is 26.7 Å². The second-order valence-corrected chi connectivity index (χ2v) is 4.82. The number of nitriles is 2. The molecule has 96 valence electrons. The smallest absolute Gasteiger partial charge is 0.104 e. The molecule has 0 saturated heterocycles. The van der Waals surface area contributed by atoms with E-state index in [1.54, 1.807) is 0 Å². The Morgan fingerprint density at radius 2 is 1.39 bits per heavy atom. The lowest BCUT2D eigenvalue weighted by molar-refractivity contribution is -0.151. The summed E-state index contributed by atoms with van der Waals surface area (Å²) in [5.41, 5.74) is -1.19. The van der Waals surface area contributed by atoms with Crippen LogP contribution in [-0.2, 0) is 9.47 Å². The minimum atomic E-state index is -0.594. The molecule has 3 rings (SSSR count). The molecular weight excluding hydrogens is 228 g/mol. The zero-order valence-corrected chi connectivity index (χ0v) is 10.8. The molecule has 0 aliphatic heterocycles. The van der Waals surface area contributed by atoms with Gasteiger partial charge in [-0.3, -0.25) is 0 Å². The Morgan fingerprint density at radius 3 is 1.61 bits per heavy atom. The van der Waals surface area contributed by atoms with Crippen LogP contribution in [0.3, 0.4) is 0 Å². The Labute approximate surface area is 108 Å². The fourth-order valence-corrected chi connectivity index (χ4v) is 3.25. The quantitative estimate of drug-likeness (QED) is 0.713. The molecule has 4 heteroatoms. The van der Waals surface area contributed by atoms with Gasteiger partial charge in [0.15, 0.2) is 0 Å². The Hall–Kier alpha value is -1.36. The summed E-state index contributed by atoms with van der Waals surface area (Å²) in [6.45, 7) is 4.92. The first kappa shape index (κ1) is 13.1. The maximum absolute atomic E-state index is 9.42. The molecule has 0 radical (unpaired) electrons. The third-order valence-corrected chi connectivity index (χ3v) is 4.04. The summed E-state index contributed by atoms with van der Waals surface area (Å²) < 4.78 is 11.6.